The van der Waals surface area contributed by atoms with Gasteiger partial charge < -0.3 is 5.11 Å². The van der Waals surface area contributed by atoms with Crippen LogP contribution in [0.15, 0.2) is 29.3 Å². The number of fused-ring (bicyclic) bond motifs is 1. The van der Waals surface area contributed by atoms with E-state index >= 15 is 0 Å². The maximum absolute atomic E-state index is 10.8. The highest BCUT2D eigenvalue weighted by atomic mass is 79.9. The molecule has 0 saturated heterocycles. The van der Waals surface area contributed by atoms with Gasteiger partial charge in [0.15, 0.2) is 0 Å². The van der Waals surface area contributed by atoms with Gasteiger partial charge in [-0.2, -0.15) is 5.01 Å². The van der Waals surface area contributed by atoms with Gasteiger partial charge in [0.1, 0.15) is 0 Å². The lowest BCUT2D eigenvalue weighted by atomic mass is 10.1. The minimum absolute atomic E-state index is 0.644. The monoisotopic (exact) mass is 254 g/mol. The van der Waals surface area contributed by atoms with E-state index in [0.717, 1.165) is 16.3 Å². The van der Waals surface area contributed by atoms with Crippen molar-refractivity contribution in [2.75, 3.05) is 5.01 Å². The topological polar surface area (TPSA) is 52.6 Å². The van der Waals surface area contributed by atoms with Crippen LogP contribution in [-0.4, -0.2) is 11.2 Å². The maximum Gasteiger partial charge on any atom is 0.430 e. The molecule has 0 unspecified atom stereocenters. The Hall–Kier alpha value is -1.49. The van der Waals surface area contributed by atoms with Crippen LogP contribution in [0.2, 0.25) is 0 Å². The molecule has 0 aromatic heterocycles. The summed E-state index contributed by atoms with van der Waals surface area (Å²) in [5, 5.41) is 9.98. The second kappa shape index (κ2) is 3.34. The summed E-state index contributed by atoms with van der Waals surface area (Å²) in [6, 6.07) is 7.27. The van der Waals surface area contributed by atoms with Gasteiger partial charge in [0, 0.05) is 10.5 Å². The van der Waals surface area contributed by atoms with Crippen molar-refractivity contribution in [1.29, 1.82) is 0 Å². The highest BCUT2D eigenvalue weighted by molar-refractivity contribution is 9.11. The molecule has 2 rings (SSSR count). The van der Waals surface area contributed by atoms with Crippen molar-refractivity contribution in [3.05, 3.63) is 34.8 Å². The Balaban J connectivity index is 2.54. The number of para-hydroxylation sites is 1. The number of carboxylic acid groups (broad SMARTS) is 1. The summed E-state index contributed by atoms with van der Waals surface area (Å²) in [4.78, 5) is 12.5. The van der Waals surface area contributed by atoms with E-state index < -0.39 is 6.09 Å². The first-order chi connectivity index (χ1) is 6.74. The van der Waals surface area contributed by atoms with Crippen molar-refractivity contribution in [2.24, 2.45) is 0 Å². The number of nitrogens with one attached hydrogen (secondary N) is 1. The molecule has 1 heterocycles. The zero-order valence-corrected chi connectivity index (χ0v) is 8.65. The minimum atomic E-state index is -1.03. The Morgan fingerprint density at radius 3 is 2.86 bits per heavy atom. The molecule has 1 aliphatic rings. The average molecular weight is 255 g/mol. The number of benzene rings is 1. The molecule has 1 amide bonds. The third-order valence-electron chi connectivity index (χ3n) is 1.97. The lowest BCUT2D eigenvalue weighted by Gasteiger charge is -2.12. The van der Waals surface area contributed by atoms with Crippen LogP contribution in [0.25, 0.3) is 5.70 Å². The van der Waals surface area contributed by atoms with Crippen molar-refractivity contribution in [3.8, 4) is 0 Å². The number of anilines is 1. The predicted octanol–water partition coefficient (Wildman–Crippen LogP) is 2.38. The van der Waals surface area contributed by atoms with Crippen LogP contribution < -0.4 is 10.4 Å². The Kier molecular flexibility index (Phi) is 2.17. The molecular formula is C9H7BrN2O2. The molecule has 72 valence electrons. The second-order valence-electron chi connectivity index (χ2n) is 2.77. The number of nitrogens with zero attached hydrogens (tertiary/aromatic N) is 1. The van der Waals surface area contributed by atoms with E-state index in [1.54, 1.807) is 17.1 Å². The summed E-state index contributed by atoms with van der Waals surface area (Å²) in [5.41, 5.74) is 5.00. The molecular weight excluding hydrogens is 248 g/mol. The van der Waals surface area contributed by atoms with Gasteiger partial charge in [-0.05, 0) is 6.07 Å². The molecule has 2 N–H and O–H groups in total. The Bertz CT molecular complexity index is 417. The van der Waals surface area contributed by atoms with Gasteiger partial charge in [0.05, 0.1) is 11.4 Å². The van der Waals surface area contributed by atoms with Crippen molar-refractivity contribution < 1.29 is 9.90 Å². The number of rotatable bonds is 0. The first-order valence-electron chi connectivity index (χ1n) is 3.93. The van der Waals surface area contributed by atoms with Crippen molar-refractivity contribution >= 4 is 33.4 Å². The van der Waals surface area contributed by atoms with E-state index in [1.807, 2.05) is 12.1 Å². The molecule has 14 heavy (non-hydrogen) atoms. The summed E-state index contributed by atoms with van der Waals surface area (Å²) in [5.74, 6) is 0. The number of hydrazine groups is 1. The number of amides is 1. The lowest BCUT2D eigenvalue weighted by molar-refractivity contribution is 0.200. The van der Waals surface area contributed by atoms with E-state index in [9.17, 15) is 4.79 Å². The summed E-state index contributed by atoms with van der Waals surface area (Å²) in [7, 11) is 0. The highest BCUT2D eigenvalue weighted by Crippen LogP contribution is 2.32. The number of hydrogen-bond donors (Lipinski definition) is 2. The third-order valence-corrected chi connectivity index (χ3v) is 2.43. The predicted molar refractivity (Wildman–Crippen MR) is 57.0 cm³/mol. The molecule has 1 aromatic carbocycles. The van der Waals surface area contributed by atoms with E-state index in [0.29, 0.717) is 5.69 Å². The van der Waals surface area contributed by atoms with Crippen molar-refractivity contribution in [3.63, 3.8) is 0 Å². The second-order valence-corrected chi connectivity index (χ2v) is 3.23. The molecule has 0 radical (unpaired) electrons. The molecule has 0 fully saturated rings. The van der Waals surface area contributed by atoms with Gasteiger partial charge in [0.25, 0.3) is 0 Å². The van der Waals surface area contributed by atoms with Gasteiger partial charge in [-0.25, -0.2) is 4.79 Å². The first kappa shape index (κ1) is 9.08. The van der Waals surface area contributed by atoms with Gasteiger partial charge in [-0.1, -0.05) is 34.1 Å². The molecule has 4 nitrogen and oxygen atoms in total. The molecule has 0 atom stereocenters. The number of halogens is 1. The Morgan fingerprint density at radius 1 is 1.50 bits per heavy atom. The number of hydrogen-bond acceptors (Lipinski definition) is 2. The van der Waals surface area contributed by atoms with E-state index in [2.05, 4.69) is 21.4 Å². The largest absolute Gasteiger partial charge is 0.463 e. The van der Waals surface area contributed by atoms with Crippen LogP contribution in [0.1, 0.15) is 5.56 Å². The molecule has 5 heteroatoms. The van der Waals surface area contributed by atoms with Gasteiger partial charge in [0.2, 0.25) is 0 Å². The third kappa shape index (κ3) is 1.26. The average Bonchev–Trinajstić information content (AvgIpc) is 2.56. The standard InChI is InChI=1S/C9H7BrN2O2/c10-5-7-6-3-1-2-4-8(6)12(11-7)9(13)14/h1-5,11H,(H,13,14). The fourth-order valence-electron chi connectivity index (χ4n) is 1.37. The number of carbonyl (C=O) groups is 1. The fourth-order valence-corrected chi connectivity index (χ4v) is 1.72. The van der Waals surface area contributed by atoms with Crippen LogP contribution in [-0.2, 0) is 0 Å². The highest BCUT2D eigenvalue weighted by Gasteiger charge is 2.26. The molecule has 0 aliphatic carbocycles. The SMILES string of the molecule is O=C(O)N1NC(=CBr)c2ccccc21. The van der Waals surface area contributed by atoms with Crippen LogP contribution in [0.4, 0.5) is 10.5 Å². The summed E-state index contributed by atoms with van der Waals surface area (Å²) < 4.78 is 0. The first-order valence-corrected chi connectivity index (χ1v) is 4.85. The molecule has 1 aliphatic heterocycles. The van der Waals surface area contributed by atoms with E-state index in [4.69, 9.17) is 5.11 Å². The molecule has 1 aromatic rings. The van der Waals surface area contributed by atoms with Crippen LogP contribution in [0, 0.1) is 0 Å². The van der Waals surface area contributed by atoms with Crippen molar-refractivity contribution in [1.82, 2.24) is 5.43 Å². The maximum atomic E-state index is 10.8. The lowest BCUT2D eigenvalue weighted by Crippen LogP contribution is -2.36. The quantitative estimate of drug-likeness (QED) is 0.748. The molecule has 0 saturated carbocycles. The van der Waals surface area contributed by atoms with E-state index in [-0.39, 0.29) is 0 Å². The minimum Gasteiger partial charge on any atom is -0.463 e. The van der Waals surface area contributed by atoms with Gasteiger partial charge in [-0.15, -0.1) is 0 Å². The molecule has 0 bridgehead atoms. The van der Waals surface area contributed by atoms with Crippen LogP contribution in [0.5, 0.6) is 0 Å². The summed E-state index contributed by atoms with van der Waals surface area (Å²) >= 11 is 3.18. The van der Waals surface area contributed by atoms with Crippen LogP contribution >= 0.6 is 15.9 Å². The zero-order valence-electron chi connectivity index (χ0n) is 7.07. The van der Waals surface area contributed by atoms with Crippen molar-refractivity contribution in [2.45, 2.75) is 0 Å². The fraction of sp³-hybridized carbons (Fsp3) is 0. The van der Waals surface area contributed by atoms with Gasteiger partial charge in [-0.3, -0.25) is 5.43 Å². The smallest absolute Gasteiger partial charge is 0.430 e. The van der Waals surface area contributed by atoms with E-state index in [1.165, 1.54) is 0 Å². The zero-order chi connectivity index (χ0) is 10.1. The summed E-state index contributed by atoms with van der Waals surface area (Å²) in [6.07, 6.45) is -1.03. The van der Waals surface area contributed by atoms with Gasteiger partial charge >= 0.3 is 6.09 Å². The van der Waals surface area contributed by atoms with Crippen LogP contribution in [0.3, 0.4) is 0 Å². The summed E-state index contributed by atoms with van der Waals surface area (Å²) in [6.45, 7) is 0. The Morgan fingerprint density at radius 2 is 2.21 bits per heavy atom. The Labute approximate surface area is 88.9 Å². The molecule has 0 spiro atoms. The normalized spacial score (nSPS) is 16.6.